The first-order chi connectivity index (χ1) is 16.5. The lowest BCUT2D eigenvalue weighted by Crippen LogP contribution is -2.21. The number of hydrogen-bond acceptors (Lipinski definition) is 6. The van der Waals surface area contributed by atoms with Crippen molar-refractivity contribution in [3.8, 4) is 5.69 Å². The van der Waals surface area contributed by atoms with Crippen LogP contribution in [0.1, 0.15) is 47.6 Å². The molecule has 0 bridgehead atoms. The molecule has 0 aliphatic rings. The van der Waals surface area contributed by atoms with Gasteiger partial charge in [-0.3, -0.25) is 14.2 Å². The van der Waals surface area contributed by atoms with Crippen LogP contribution in [0, 0.1) is 6.92 Å². The van der Waals surface area contributed by atoms with E-state index >= 15 is 0 Å². The number of thiophene rings is 1. The molecule has 0 fully saturated rings. The lowest BCUT2D eigenvalue weighted by atomic mass is 10.0. The second-order valence-corrected chi connectivity index (χ2v) is 11.2. The molecule has 0 unspecified atom stereocenters. The Hall–Kier alpha value is -3.37. The van der Waals surface area contributed by atoms with Crippen LogP contribution in [0.4, 0.5) is 5.69 Å². The SMILES string of the molecule is CCOC(=O)c1cc2cc(NS(=O)(=O)c3ccc(-n4c(=O)c(C(C)C)c(C)n4C)cc3)ccc2s1. The van der Waals surface area contributed by atoms with Crippen LogP contribution in [-0.2, 0) is 21.8 Å². The summed E-state index contributed by atoms with van der Waals surface area (Å²) in [6, 6.07) is 13.0. The van der Waals surface area contributed by atoms with Crippen LogP contribution in [0.25, 0.3) is 15.8 Å². The standard InChI is InChI=1S/C25H27N3O5S2/c1-6-33-25(30)22-14-17-13-18(7-12-21(17)34-22)26-35(31,32)20-10-8-19(9-11-20)28-24(29)23(15(2)3)16(4)27(28)5/h7-15,26H,6H2,1-5H3. The van der Waals surface area contributed by atoms with Gasteiger partial charge in [0.2, 0.25) is 0 Å². The average molecular weight is 514 g/mol. The van der Waals surface area contributed by atoms with Crippen LogP contribution in [0.15, 0.2) is 58.2 Å². The van der Waals surface area contributed by atoms with Gasteiger partial charge in [0.15, 0.2) is 0 Å². The third kappa shape index (κ3) is 4.63. The Morgan fingerprint density at radius 3 is 2.40 bits per heavy atom. The largest absolute Gasteiger partial charge is 0.462 e. The highest BCUT2D eigenvalue weighted by Crippen LogP contribution is 2.30. The number of carbonyl (C=O) groups is 1. The maximum absolute atomic E-state index is 13.0. The molecule has 1 N–H and O–H groups in total. The van der Waals surface area contributed by atoms with E-state index in [1.54, 1.807) is 52.7 Å². The Morgan fingerprint density at radius 1 is 1.11 bits per heavy atom. The van der Waals surface area contributed by atoms with Crippen molar-refractivity contribution in [3.05, 3.63) is 75.0 Å². The van der Waals surface area contributed by atoms with Gasteiger partial charge < -0.3 is 4.74 Å². The Bertz CT molecular complexity index is 1580. The van der Waals surface area contributed by atoms with E-state index in [-0.39, 0.29) is 23.0 Å². The summed E-state index contributed by atoms with van der Waals surface area (Å²) in [5.41, 5.74) is 2.46. The van der Waals surface area contributed by atoms with Gasteiger partial charge in [-0.2, -0.15) is 0 Å². The number of benzene rings is 2. The second kappa shape index (κ2) is 9.35. The molecule has 184 valence electrons. The van der Waals surface area contributed by atoms with Crippen LogP contribution in [0.5, 0.6) is 0 Å². The average Bonchev–Trinajstić information content (AvgIpc) is 3.32. The van der Waals surface area contributed by atoms with E-state index in [1.165, 1.54) is 23.5 Å². The first kappa shape index (κ1) is 24.7. The summed E-state index contributed by atoms with van der Waals surface area (Å²) >= 11 is 1.29. The molecular formula is C25H27N3O5S2. The molecule has 4 rings (SSSR count). The highest BCUT2D eigenvalue weighted by molar-refractivity contribution is 7.92. The molecule has 0 amide bonds. The topological polar surface area (TPSA) is 99.4 Å². The first-order valence-corrected chi connectivity index (χ1v) is 13.5. The zero-order valence-corrected chi connectivity index (χ0v) is 21.8. The van der Waals surface area contributed by atoms with Crippen LogP contribution < -0.4 is 10.3 Å². The van der Waals surface area contributed by atoms with E-state index < -0.39 is 16.0 Å². The lowest BCUT2D eigenvalue weighted by molar-refractivity contribution is 0.0532. The molecule has 2 aromatic heterocycles. The van der Waals surface area contributed by atoms with Crippen molar-refractivity contribution in [2.24, 2.45) is 7.05 Å². The first-order valence-electron chi connectivity index (χ1n) is 11.2. The van der Waals surface area contributed by atoms with E-state index in [2.05, 4.69) is 4.72 Å². The number of rotatable bonds is 7. The third-order valence-electron chi connectivity index (χ3n) is 5.81. The van der Waals surface area contributed by atoms with Crippen LogP contribution in [-0.4, -0.2) is 30.4 Å². The van der Waals surface area contributed by atoms with Gasteiger partial charge in [0.25, 0.3) is 15.6 Å². The van der Waals surface area contributed by atoms with E-state index in [0.717, 1.165) is 21.3 Å². The number of hydrogen-bond donors (Lipinski definition) is 1. The summed E-state index contributed by atoms with van der Waals surface area (Å²) in [5, 5.41) is 0.744. The molecule has 0 aliphatic carbocycles. The number of nitrogens with zero attached hydrogens (tertiary/aromatic N) is 2. The number of anilines is 1. The number of carbonyl (C=O) groups excluding carboxylic acids is 1. The Labute approximate surface area is 207 Å². The highest BCUT2D eigenvalue weighted by Gasteiger charge is 2.20. The quantitative estimate of drug-likeness (QED) is 0.358. The fraction of sp³-hybridized carbons (Fsp3) is 0.280. The summed E-state index contributed by atoms with van der Waals surface area (Å²) in [6.07, 6.45) is 0. The number of aromatic nitrogens is 2. The maximum atomic E-state index is 13.0. The molecular weight excluding hydrogens is 486 g/mol. The zero-order chi connectivity index (χ0) is 25.5. The molecule has 0 aliphatic heterocycles. The van der Waals surface area contributed by atoms with Crippen molar-refractivity contribution in [2.45, 2.75) is 38.5 Å². The van der Waals surface area contributed by atoms with Crippen molar-refractivity contribution < 1.29 is 17.9 Å². The highest BCUT2D eigenvalue weighted by atomic mass is 32.2. The number of sulfonamides is 1. The molecule has 4 aromatic rings. The van der Waals surface area contributed by atoms with Gasteiger partial charge in [-0.15, -0.1) is 11.3 Å². The summed E-state index contributed by atoms with van der Waals surface area (Å²) in [5.74, 6) is -0.323. The predicted molar refractivity (Wildman–Crippen MR) is 138 cm³/mol. The van der Waals surface area contributed by atoms with Gasteiger partial charge in [-0.05, 0) is 73.7 Å². The van der Waals surface area contributed by atoms with Crippen molar-refractivity contribution in [2.75, 3.05) is 11.3 Å². The normalized spacial score (nSPS) is 11.8. The smallest absolute Gasteiger partial charge is 0.348 e. The van der Waals surface area contributed by atoms with Crippen LogP contribution in [0.2, 0.25) is 0 Å². The molecule has 0 spiro atoms. The van der Waals surface area contributed by atoms with Gasteiger partial charge >= 0.3 is 5.97 Å². The van der Waals surface area contributed by atoms with E-state index in [9.17, 15) is 18.0 Å². The number of nitrogens with one attached hydrogen (secondary N) is 1. The van der Waals surface area contributed by atoms with Crippen LogP contribution >= 0.6 is 11.3 Å². The van der Waals surface area contributed by atoms with Gasteiger partial charge in [0.05, 0.1) is 17.2 Å². The Morgan fingerprint density at radius 2 is 1.80 bits per heavy atom. The minimum atomic E-state index is -3.87. The third-order valence-corrected chi connectivity index (χ3v) is 8.31. The summed E-state index contributed by atoms with van der Waals surface area (Å²) in [7, 11) is -2.06. The minimum absolute atomic E-state index is 0.0712. The van der Waals surface area contributed by atoms with E-state index in [4.69, 9.17) is 4.74 Å². The lowest BCUT2D eigenvalue weighted by Gasteiger charge is -2.11. The van der Waals surface area contributed by atoms with Crippen molar-refractivity contribution in [1.82, 2.24) is 9.36 Å². The Kier molecular flexibility index (Phi) is 6.61. The summed E-state index contributed by atoms with van der Waals surface area (Å²) < 4.78 is 37.8. The second-order valence-electron chi connectivity index (χ2n) is 8.48. The molecule has 0 saturated heterocycles. The predicted octanol–water partition coefficient (Wildman–Crippen LogP) is 4.80. The summed E-state index contributed by atoms with van der Waals surface area (Å²) in [4.78, 5) is 25.5. The number of ether oxygens (including phenoxy) is 1. The molecule has 10 heteroatoms. The molecule has 0 atom stereocenters. The van der Waals surface area contributed by atoms with E-state index in [1.807, 2.05) is 27.8 Å². The van der Waals surface area contributed by atoms with Gasteiger partial charge in [-0.25, -0.2) is 17.9 Å². The van der Waals surface area contributed by atoms with Crippen LogP contribution in [0.3, 0.4) is 0 Å². The number of fused-ring (bicyclic) bond motifs is 1. The molecule has 2 heterocycles. The van der Waals surface area contributed by atoms with Crippen molar-refractivity contribution in [3.63, 3.8) is 0 Å². The summed E-state index contributed by atoms with van der Waals surface area (Å²) in [6.45, 7) is 7.87. The maximum Gasteiger partial charge on any atom is 0.348 e. The molecule has 2 aromatic carbocycles. The van der Waals surface area contributed by atoms with Gasteiger partial charge in [-0.1, -0.05) is 13.8 Å². The minimum Gasteiger partial charge on any atom is -0.462 e. The van der Waals surface area contributed by atoms with Gasteiger partial charge in [0, 0.05) is 28.7 Å². The molecule has 0 saturated carbocycles. The van der Waals surface area contributed by atoms with Crippen molar-refractivity contribution in [1.29, 1.82) is 0 Å². The molecule has 8 nitrogen and oxygen atoms in total. The van der Waals surface area contributed by atoms with Crippen molar-refractivity contribution >= 4 is 43.1 Å². The number of esters is 1. The molecule has 0 radical (unpaired) electrons. The molecule has 35 heavy (non-hydrogen) atoms. The fourth-order valence-corrected chi connectivity index (χ4v) is 6.06. The van der Waals surface area contributed by atoms with E-state index in [0.29, 0.717) is 16.3 Å². The zero-order valence-electron chi connectivity index (χ0n) is 20.2. The Balaban J connectivity index is 1.61. The monoisotopic (exact) mass is 513 g/mol. The van der Waals surface area contributed by atoms with Gasteiger partial charge in [0.1, 0.15) is 4.88 Å². The fourth-order valence-electron chi connectivity index (χ4n) is 4.07.